The van der Waals surface area contributed by atoms with Crippen LogP contribution < -0.4 is 16.0 Å². The molecule has 1 aliphatic rings. The van der Waals surface area contributed by atoms with Crippen molar-refractivity contribution in [2.75, 3.05) is 22.5 Å². The summed E-state index contributed by atoms with van der Waals surface area (Å²) in [6.07, 6.45) is 1.95. The Morgan fingerprint density at radius 2 is 1.68 bits per heavy atom. The molecule has 3 aromatic rings. The zero-order chi connectivity index (χ0) is 19.5. The number of rotatable bonds is 3. The smallest absolute Gasteiger partial charge is 0.258 e. The van der Waals surface area contributed by atoms with Gasteiger partial charge in [-0.1, -0.05) is 24.3 Å². The van der Waals surface area contributed by atoms with Gasteiger partial charge in [0, 0.05) is 34.7 Å². The molecular weight excluding hydrogens is 350 g/mol. The lowest BCUT2D eigenvalue weighted by Gasteiger charge is -2.29. The summed E-state index contributed by atoms with van der Waals surface area (Å²) >= 11 is 0. The van der Waals surface area contributed by atoms with Gasteiger partial charge in [-0.2, -0.15) is 0 Å². The largest absolute Gasteiger partial charge is 0.399 e. The van der Waals surface area contributed by atoms with Gasteiger partial charge in [-0.15, -0.1) is 0 Å². The van der Waals surface area contributed by atoms with Crippen LogP contribution in [-0.2, 0) is 6.42 Å². The molecule has 0 saturated carbocycles. The van der Waals surface area contributed by atoms with E-state index in [9.17, 15) is 9.59 Å². The van der Waals surface area contributed by atoms with E-state index in [-0.39, 0.29) is 11.8 Å². The maximum atomic E-state index is 13.0. The van der Waals surface area contributed by atoms with Crippen LogP contribution in [0.15, 0.2) is 72.8 Å². The van der Waals surface area contributed by atoms with E-state index in [1.165, 1.54) is 5.56 Å². The lowest BCUT2D eigenvalue weighted by atomic mass is 10.0. The highest BCUT2D eigenvalue weighted by atomic mass is 16.2. The van der Waals surface area contributed by atoms with E-state index in [1.807, 2.05) is 23.1 Å². The quantitative estimate of drug-likeness (QED) is 0.680. The molecular formula is C23H21N3O2. The van der Waals surface area contributed by atoms with E-state index in [2.05, 4.69) is 11.4 Å². The summed E-state index contributed by atoms with van der Waals surface area (Å²) in [5.41, 5.74) is 10.2. The molecule has 0 unspecified atom stereocenters. The fraction of sp³-hybridized carbons (Fsp3) is 0.130. The zero-order valence-electron chi connectivity index (χ0n) is 15.4. The zero-order valence-corrected chi connectivity index (χ0v) is 15.4. The monoisotopic (exact) mass is 371 g/mol. The molecule has 0 radical (unpaired) electrons. The van der Waals surface area contributed by atoms with Crippen LogP contribution in [0.3, 0.4) is 0 Å². The van der Waals surface area contributed by atoms with Crippen molar-refractivity contribution in [3.63, 3.8) is 0 Å². The molecule has 0 saturated heterocycles. The Hall–Kier alpha value is -3.60. The highest BCUT2D eigenvalue weighted by Crippen LogP contribution is 2.28. The molecule has 4 rings (SSSR count). The van der Waals surface area contributed by atoms with Gasteiger partial charge in [0.05, 0.1) is 0 Å². The number of carbonyl (C=O) groups is 2. The third-order valence-corrected chi connectivity index (χ3v) is 4.89. The van der Waals surface area contributed by atoms with Gasteiger partial charge in [0.25, 0.3) is 11.8 Å². The van der Waals surface area contributed by atoms with Crippen LogP contribution in [-0.4, -0.2) is 18.4 Å². The summed E-state index contributed by atoms with van der Waals surface area (Å²) in [5.74, 6) is -0.266. The molecule has 1 aliphatic heterocycles. The van der Waals surface area contributed by atoms with Crippen molar-refractivity contribution in [2.45, 2.75) is 12.8 Å². The third kappa shape index (κ3) is 3.60. The fourth-order valence-corrected chi connectivity index (χ4v) is 3.48. The first kappa shape index (κ1) is 17.8. The van der Waals surface area contributed by atoms with Crippen molar-refractivity contribution in [1.29, 1.82) is 0 Å². The molecule has 0 bridgehead atoms. The maximum absolute atomic E-state index is 13.0. The second kappa shape index (κ2) is 7.56. The number of nitrogen functional groups attached to an aromatic ring is 1. The van der Waals surface area contributed by atoms with Crippen LogP contribution in [0.2, 0.25) is 0 Å². The van der Waals surface area contributed by atoms with Crippen LogP contribution in [0, 0.1) is 0 Å². The molecule has 28 heavy (non-hydrogen) atoms. The molecule has 0 aliphatic carbocycles. The van der Waals surface area contributed by atoms with Gasteiger partial charge in [0.1, 0.15) is 0 Å². The summed E-state index contributed by atoms with van der Waals surface area (Å²) in [4.78, 5) is 27.1. The number of amides is 2. The summed E-state index contributed by atoms with van der Waals surface area (Å²) in [7, 11) is 0. The van der Waals surface area contributed by atoms with Gasteiger partial charge in [-0.25, -0.2) is 0 Å². The van der Waals surface area contributed by atoms with Gasteiger partial charge in [0.15, 0.2) is 0 Å². The lowest BCUT2D eigenvalue weighted by molar-refractivity contribution is 0.0984. The standard InChI is InChI=1S/C23H21N3O2/c24-19-8-3-6-18(15-19)22(27)25-20-12-10-17(11-13-20)23(28)26-14-4-7-16-5-1-2-9-21(16)26/h1-3,5-6,8-13,15H,4,7,14,24H2,(H,25,27). The molecule has 0 atom stereocenters. The number of anilines is 3. The predicted molar refractivity (Wildman–Crippen MR) is 112 cm³/mol. The van der Waals surface area contributed by atoms with E-state index in [1.54, 1.807) is 48.5 Å². The first-order valence-corrected chi connectivity index (χ1v) is 9.28. The molecule has 5 heteroatoms. The van der Waals surface area contributed by atoms with Crippen LogP contribution in [0.4, 0.5) is 17.1 Å². The molecule has 140 valence electrons. The number of nitrogens with two attached hydrogens (primary N) is 1. The number of nitrogens with zero attached hydrogens (tertiary/aromatic N) is 1. The van der Waals surface area contributed by atoms with Gasteiger partial charge in [0.2, 0.25) is 0 Å². The van der Waals surface area contributed by atoms with Crippen LogP contribution >= 0.6 is 0 Å². The van der Waals surface area contributed by atoms with Crippen molar-refractivity contribution in [1.82, 2.24) is 0 Å². The topological polar surface area (TPSA) is 75.4 Å². The minimum atomic E-state index is -0.240. The number of hydrogen-bond acceptors (Lipinski definition) is 3. The van der Waals surface area contributed by atoms with E-state index >= 15 is 0 Å². The van der Waals surface area contributed by atoms with Crippen LogP contribution in [0.1, 0.15) is 32.7 Å². The minimum Gasteiger partial charge on any atom is -0.399 e. The molecule has 0 spiro atoms. The van der Waals surface area contributed by atoms with Crippen LogP contribution in [0.25, 0.3) is 0 Å². The van der Waals surface area contributed by atoms with E-state index in [0.717, 1.165) is 18.5 Å². The number of hydrogen-bond donors (Lipinski definition) is 2. The van der Waals surface area contributed by atoms with Crippen molar-refractivity contribution in [3.05, 3.63) is 89.5 Å². The summed E-state index contributed by atoms with van der Waals surface area (Å²) < 4.78 is 0. The predicted octanol–water partition coefficient (Wildman–Crippen LogP) is 4.11. The molecule has 3 N–H and O–H groups in total. The Morgan fingerprint density at radius 1 is 0.893 bits per heavy atom. The molecule has 5 nitrogen and oxygen atoms in total. The molecule has 3 aromatic carbocycles. The van der Waals surface area contributed by atoms with Crippen LogP contribution in [0.5, 0.6) is 0 Å². The first-order valence-electron chi connectivity index (χ1n) is 9.28. The Kier molecular flexibility index (Phi) is 4.81. The summed E-state index contributed by atoms with van der Waals surface area (Å²) in [6, 6.07) is 21.8. The van der Waals surface area contributed by atoms with E-state index < -0.39 is 0 Å². The number of para-hydroxylation sites is 1. The Morgan fingerprint density at radius 3 is 2.46 bits per heavy atom. The normalized spacial score (nSPS) is 12.9. The Balaban J connectivity index is 1.49. The van der Waals surface area contributed by atoms with Crippen molar-refractivity contribution < 1.29 is 9.59 Å². The maximum Gasteiger partial charge on any atom is 0.258 e. The molecule has 2 amide bonds. The van der Waals surface area contributed by atoms with E-state index in [4.69, 9.17) is 5.73 Å². The molecule has 1 heterocycles. The van der Waals surface area contributed by atoms with Crippen molar-refractivity contribution >= 4 is 28.9 Å². The molecule has 0 aromatic heterocycles. The second-order valence-electron chi connectivity index (χ2n) is 6.85. The Labute approximate surface area is 163 Å². The second-order valence-corrected chi connectivity index (χ2v) is 6.85. The van der Waals surface area contributed by atoms with Gasteiger partial charge < -0.3 is 16.0 Å². The number of nitrogens with one attached hydrogen (secondary N) is 1. The summed E-state index contributed by atoms with van der Waals surface area (Å²) in [5, 5.41) is 2.83. The number of benzene rings is 3. The van der Waals surface area contributed by atoms with Gasteiger partial charge in [-0.3, -0.25) is 9.59 Å². The fourth-order valence-electron chi connectivity index (χ4n) is 3.48. The number of fused-ring (bicyclic) bond motifs is 1. The highest BCUT2D eigenvalue weighted by Gasteiger charge is 2.23. The average molecular weight is 371 g/mol. The van der Waals surface area contributed by atoms with Gasteiger partial charge in [-0.05, 0) is 66.9 Å². The Bertz CT molecular complexity index is 1030. The van der Waals surface area contributed by atoms with Crippen molar-refractivity contribution in [2.24, 2.45) is 0 Å². The minimum absolute atomic E-state index is 0.0270. The lowest BCUT2D eigenvalue weighted by Crippen LogP contribution is -2.35. The SMILES string of the molecule is Nc1cccc(C(=O)Nc2ccc(C(=O)N3CCCc4ccccc43)cc2)c1. The average Bonchev–Trinajstić information content (AvgIpc) is 2.73. The van der Waals surface area contributed by atoms with Gasteiger partial charge >= 0.3 is 0 Å². The van der Waals surface area contributed by atoms with E-state index in [0.29, 0.717) is 29.0 Å². The highest BCUT2D eigenvalue weighted by molar-refractivity contribution is 6.08. The van der Waals surface area contributed by atoms with Crippen molar-refractivity contribution in [3.8, 4) is 0 Å². The number of aryl methyl sites for hydroxylation is 1. The third-order valence-electron chi connectivity index (χ3n) is 4.89. The molecule has 0 fully saturated rings. The summed E-state index contributed by atoms with van der Waals surface area (Å²) in [6.45, 7) is 0.712. The first-order chi connectivity index (χ1) is 13.6. The number of carbonyl (C=O) groups excluding carboxylic acids is 2.